The Morgan fingerprint density at radius 2 is 1.71 bits per heavy atom. The molecular formula is C17H18F2N2O2S. The van der Waals surface area contributed by atoms with Gasteiger partial charge in [-0.3, -0.25) is 4.72 Å². The van der Waals surface area contributed by atoms with Gasteiger partial charge >= 0.3 is 0 Å². The molecular weight excluding hydrogens is 334 g/mol. The van der Waals surface area contributed by atoms with E-state index in [1.807, 2.05) is 26.0 Å². The minimum absolute atomic E-state index is 0.000718. The van der Waals surface area contributed by atoms with Crippen LogP contribution in [0.2, 0.25) is 0 Å². The molecule has 0 bridgehead atoms. The first-order valence-electron chi connectivity index (χ1n) is 7.62. The number of halogens is 2. The number of benzene rings is 2. The van der Waals surface area contributed by atoms with Crippen LogP contribution < -0.4 is 10.0 Å². The van der Waals surface area contributed by atoms with E-state index in [4.69, 9.17) is 0 Å². The van der Waals surface area contributed by atoms with E-state index >= 15 is 0 Å². The van der Waals surface area contributed by atoms with Gasteiger partial charge in [0.2, 0.25) is 10.0 Å². The van der Waals surface area contributed by atoms with Gasteiger partial charge in [-0.2, -0.15) is 0 Å². The van der Waals surface area contributed by atoms with Gasteiger partial charge in [0.25, 0.3) is 0 Å². The molecule has 0 aromatic heterocycles. The first-order chi connectivity index (χ1) is 11.3. The zero-order valence-corrected chi connectivity index (χ0v) is 14.2. The summed E-state index contributed by atoms with van der Waals surface area (Å²) in [5, 5.41) is 2.36. The molecule has 0 spiro atoms. The van der Waals surface area contributed by atoms with Crippen molar-refractivity contribution in [2.75, 3.05) is 10.0 Å². The zero-order chi connectivity index (χ0) is 17.5. The van der Waals surface area contributed by atoms with Crippen LogP contribution in [0.5, 0.6) is 0 Å². The van der Waals surface area contributed by atoms with Gasteiger partial charge in [0.15, 0.2) is 11.6 Å². The lowest BCUT2D eigenvalue weighted by Crippen LogP contribution is -2.18. The molecule has 7 heteroatoms. The Labute approximate surface area is 139 Å². The van der Waals surface area contributed by atoms with E-state index in [1.54, 1.807) is 6.07 Å². The number of anilines is 3. The Balaban J connectivity index is 2.00. The van der Waals surface area contributed by atoms with Crippen molar-refractivity contribution in [3.05, 3.63) is 53.1 Å². The number of hydrogen-bond donors (Lipinski definition) is 2. The lowest BCUT2D eigenvalue weighted by atomic mass is 10.1. The highest BCUT2D eigenvalue weighted by Crippen LogP contribution is 2.35. The molecule has 128 valence electrons. The van der Waals surface area contributed by atoms with Crippen LogP contribution in [-0.2, 0) is 10.0 Å². The van der Waals surface area contributed by atoms with Gasteiger partial charge in [0.1, 0.15) is 5.69 Å². The highest BCUT2D eigenvalue weighted by molar-refractivity contribution is 7.93. The van der Waals surface area contributed by atoms with Crippen LogP contribution >= 0.6 is 0 Å². The topological polar surface area (TPSA) is 58.2 Å². The maximum absolute atomic E-state index is 14.3. The van der Waals surface area contributed by atoms with Crippen molar-refractivity contribution < 1.29 is 17.2 Å². The summed E-state index contributed by atoms with van der Waals surface area (Å²) >= 11 is 0. The molecule has 2 aromatic rings. The number of nitrogens with one attached hydrogen (secondary N) is 2. The second-order valence-corrected chi connectivity index (χ2v) is 8.03. The highest BCUT2D eigenvalue weighted by Gasteiger charge is 2.36. The summed E-state index contributed by atoms with van der Waals surface area (Å²) in [4.78, 5) is 0. The Hall–Kier alpha value is -2.15. The van der Waals surface area contributed by atoms with Crippen molar-refractivity contribution >= 4 is 27.1 Å². The quantitative estimate of drug-likeness (QED) is 0.847. The molecule has 1 saturated carbocycles. The molecule has 1 fully saturated rings. The molecule has 24 heavy (non-hydrogen) atoms. The van der Waals surface area contributed by atoms with Crippen molar-refractivity contribution in [3.8, 4) is 0 Å². The van der Waals surface area contributed by atoms with Crippen molar-refractivity contribution in [2.45, 2.75) is 31.9 Å². The molecule has 1 aliphatic rings. The maximum atomic E-state index is 14.3. The predicted octanol–water partition coefficient (Wildman–Crippen LogP) is 4.23. The molecule has 0 aliphatic heterocycles. The Kier molecular flexibility index (Phi) is 4.21. The molecule has 2 N–H and O–H groups in total. The number of sulfonamides is 1. The van der Waals surface area contributed by atoms with Crippen LogP contribution in [-0.4, -0.2) is 13.7 Å². The number of aryl methyl sites for hydroxylation is 2. The summed E-state index contributed by atoms with van der Waals surface area (Å²) in [5.41, 5.74) is 2.24. The smallest absolute Gasteiger partial charge is 0.235 e. The van der Waals surface area contributed by atoms with Crippen molar-refractivity contribution in [2.24, 2.45) is 0 Å². The van der Waals surface area contributed by atoms with Crippen LogP contribution in [0.15, 0.2) is 30.3 Å². The highest BCUT2D eigenvalue weighted by atomic mass is 32.2. The summed E-state index contributed by atoms with van der Waals surface area (Å²) in [6.07, 6.45) is 1.16. The average Bonchev–Trinajstić information content (AvgIpc) is 3.34. The second-order valence-electron chi connectivity index (χ2n) is 6.07. The Bertz CT molecular complexity index is 894. The van der Waals surface area contributed by atoms with Crippen molar-refractivity contribution in [3.63, 3.8) is 0 Å². The SMILES string of the molecule is Cc1ccc(Nc2c(NS(=O)(=O)C3CC3)ccc(F)c2F)c(C)c1. The summed E-state index contributed by atoms with van der Waals surface area (Å²) in [7, 11) is -3.58. The van der Waals surface area contributed by atoms with E-state index in [9.17, 15) is 17.2 Å². The molecule has 0 radical (unpaired) electrons. The lowest BCUT2D eigenvalue weighted by molar-refractivity contribution is 0.512. The normalized spacial score (nSPS) is 14.5. The Morgan fingerprint density at radius 1 is 1.04 bits per heavy atom. The molecule has 0 atom stereocenters. The van der Waals surface area contributed by atoms with Gasteiger partial charge in [0.05, 0.1) is 10.9 Å². The Morgan fingerprint density at radius 3 is 2.33 bits per heavy atom. The van der Waals surface area contributed by atoms with Gasteiger partial charge in [0, 0.05) is 5.69 Å². The maximum Gasteiger partial charge on any atom is 0.235 e. The molecule has 3 rings (SSSR count). The molecule has 0 saturated heterocycles. The van der Waals surface area contributed by atoms with Crippen LogP contribution in [0.3, 0.4) is 0 Å². The van der Waals surface area contributed by atoms with Crippen LogP contribution in [0.1, 0.15) is 24.0 Å². The molecule has 0 unspecified atom stereocenters. The van der Waals surface area contributed by atoms with Crippen molar-refractivity contribution in [1.29, 1.82) is 0 Å². The van der Waals surface area contributed by atoms with Gasteiger partial charge < -0.3 is 5.32 Å². The minimum Gasteiger partial charge on any atom is -0.351 e. The van der Waals surface area contributed by atoms with E-state index in [-0.39, 0.29) is 11.4 Å². The van der Waals surface area contributed by atoms with E-state index < -0.39 is 26.9 Å². The summed E-state index contributed by atoms with van der Waals surface area (Å²) < 4.78 is 54.5. The van der Waals surface area contributed by atoms with Gasteiger partial charge in [-0.25, -0.2) is 17.2 Å². The van der Waals surface area contributed by atoms with Crippen LogP contribution in [0.25, 0.3) is 0 Å². The number of rotatable bonds is 5. The third kappa shape index (κ3) is 3.36. The van der Waals surface area contributed by atoms with Crippen LogP contribution in [0.4, 0.5) is 25.8 Å². The van der Waals surface area contributed by atoms with E-state index in [0.717, 1.165) is 17.2 Å². The number of hydrogen-bond acceptors (Lipinski definition) is 3. The third-order valence-electron chi connectivity index (χ3n) is 3.95. The van der Waals surface area contributed by atoms with E-state index in [0.29, 0.717) is 18.5 Å². The average molecular weight is 352 g/mol. The largest absolute Gasteiger partial charge is 0.351 e. The fraction of sp³-hybridized carbons (Fsp3) is 0.294. The fourth-order valence-electron chi connectivity index (χ4n) is 2.46. The van der Waals surface area contributed by atoms with Gasteiger partial charge in [-0.05, 0) is 50.5 Å². The molecule has 0 amide bonds. The molecule has 0 heterocycles. The van der Waals surface area contributed by atoms with Crippen LogP contribution in [0, 0.1) is 25.5 Å². The van der Waals surface area contributed by atoms with Gasteiger partial charge in [-0.15, -0.1) is 0 Å². The standard InChI is InChI=1S/C17H18F2N2O2S/c1-10-3-7-14(11(2)9-10)20-17-15(8-6-13(18)16(17)19)21-24(22,23)12-4-5-12/h3,6-9,12,20-21H,4-5H2,1-2H3. The monoisotopic (exact) mass is 352 g/mol. The van der Waals surface area contributed by atoms with Crippen molar-refractivity contribution in [1.82, 2.24) is 0 Å². The third-order valence-corrected chi connectivity index (χ3v) is 5.81. The molecule has 1 aliphatic carbocycles. The molecule has 2 aromatic carbocycles. The van der Waals surface area contributed by atoms with E-state index in [2.05, 4.69) is 10.0 Å². The van der Waals surface area contributed by atoms with E-state index in [1.165, 1.54) is 6.07 Å². The summed E-state index contributed by atoms with van der Waals surface area (Å²) in [6.45, 7) is 3.76. The minimum atomic E-state index is -3.58. The first-order valence-corrected chi connectivity index (χ1v) is 9.16. The summed E-state index contributed by atoms with van der Waals surface area (Å²) in [5.74, 6) is -2.16. The zero-order valence-electron chi connectivity index (χ0n) is 13.4. The first kappa shape index (κ1) is 16.7. The molecule has 4 nitrogen and oxygen atoms in total. The fourth-order valence-corrected chi connectivity index (χ4v) is 3.86. The van der Waals surface area contributed by atoms with Gasteiger partial charge in [-0.1, -0.05) is 17.7 Å². The second kappa shape index (κ2) is 6.05. The summed E-state index contributed by atoms with van der Waals surface area (Å²) in [6, 6.07) is 7.61. The lowest BCUT2D eigenvalue weighted by Gasteiger charge is -2.17. The predicted molar refractivity (Wildman–Crippen MR) is 91.1 cm³/mol.